The Hall–Kier alpha value is -1.42. The number of rotatable bonds is 1. The molecule has 0 spiro atoms. The van der Waals surface area contributed by atoms with Crippen molar-refractivity contribution >= 4 is 5.97 Å². The van der Waals surface area contributed by atoms with Crippen LogP contribution in [0.15, 0.2) is 12.1 Å². The van der Waals surface area contributed by atoms with E-state index in [0.717, 1.165) is 24.1 Å². The van der Waals surface area contributed by atoms with E-state index >= 15 is 0 Å². The van der Waals surface area contributed by atoms with Gasteiger partial charge < -0.3 is 10.4 Å². The number of hydrogen-bond donors (Lipinski definition) is 2. The molecule has 0 fully saturated rings. The molecule has 2 rings (SSSR count). The third-order valence-electron chi connectivity index (χ3n) is 2.41. The summed E-state index contributed by atoms with van der Waals surface area (Å²) in [6, 6.07) is 2.75. The maximum absolute atomic E-state index is 13.2. The molecule has 1 heterocycles. The number of carbonyl (C=O) groups is 1. The second-order valence-electron chi connectivity index (χ2n) is 3.33. The zero-order valence-corrected chi connectivity index (χ0v) is 7.51. The molecule has 3 nitrogen and oxygen atoms in total. The molecule has 0 radical (unpaired) electrons. The number of benzene rings is 1. The Morgan fingerprint density at radius 2 is 2.21 bits per heavy atom. The third kappa shape index (κ3) is 1.48. The predicted octanol–water partition coefficient (Wildman–Crippen LogP) is 1.17. The summed E-state index contributed by atoms with van der Waals surface area (Å²) in [6.07, 6.45) is 0.756. The van der Waals surface area contributed by atoms with E-state index in [0.29, 0.717) is 6.54 Å². The van der Waals surface area contributed by atoms with Crippen LogP contribution >= 0.6 is 0 Å². The molecule has 14 heavy (non-hydrogen) atoms. The molecule has 1 aromatic rings. The minimum Gasteiger partial charge on any atom is -0.478 e. The van der Waals surface area contributed by atoms with Crippen LogP contribution in [-0.2, 0) is 13.0 Å². The summed E-state index contributed by atoms with van der Waals surface area (Å²) in [5.74, 6) is -1.85. The van der Waals surface area contributed by atoms with Gasteiger partial charge in [-0.15, -0.1) is 0 Å². The number of aromatic carboxylic acids is 1. The van der Waals surface area contributed by atoms with Crippen molar-refractivity contribution in [1.29, 1.82) is 0 Å². The number of hydrogen-bond acceptors (Lipinski definition) is 2. The van der Waals surface area contributed by atoms with Crippen LogP contribution in [0.3, 0.4) is 0 Å². The number of carboxylic acid groups (broad SMARTS) is 1. The Balaban J connectivity index is 2.50. The first-order valence-electron chi connectivity index (χ1n) is 4.44. The zero-order chi connectivity index (χ0) is 10.1. The maximum atomic E-state index is 13.2. The summed E-state index contributed by atoms with van der Waals surface area (Å²) in [5, 5.41) is 11.8. The van der Waals surface area contributed by atoms with Gasteiger partial charge in [0.25, 0.3) is 0 Å². The summed E-state index contributed by atoms with van der Waals surface area (Å²) in [7, 11) is 0. The van der Waals surface area contributed by atoms with Crippen molar-refractivity contribution < 1.29 is 14.3 Å². The van der Waals surface area contributed by atoms with Crippen LogP contribution in [0.5, 0.6) is 0 Å². The highest BCUT2D eigenvalue weighted by Crippen LogP contribution is 2.19. The monoisotopic (exact) mass is 195 g/mol. The SMILES string of the molecule is O=C(O)c1cc2c(cc1F)CCNC2. The minimum atomic E-state index is -1.21. The highest BCUT2D eigenvalue weighted by atomic mass is 19.1. The largest absolute Gasteiger partial charge is 0.478 e. The normalized spacial score (nSPS) is 14.9. The molecule has 0 aliphatic carbocycles. The second kappa shape index (κ2) is 3.38. The number of halogens is 1. The molecule has 1 aliphatic rings. The molecule has 0 saturated carbocycles. The Morgan fingerprint density at radius 3 is 2.93 bits per heavy atom. The van der Waals surface area contributed by atoms with Gasteiger partial charge in [-0.3, -0.25) is 0 Å². The van der Waals surface area contributed by atoms with E-state index in [1.165, 1.54) is 12.1 Å². The Kier molecular flexibility index (Phi) is 2.21. The Morgan fingerprint density at radius 1 is 1.43 bits per heavy atom. The van der Waals surface area contributed by atoms with E-state index in [9.17, 15) is 9.18 Å². The average Bonchev–Trinajstić information content (AvgIpc) is 2.16. The number of fused-ring (bicyclic) bond motifs is 1. The molecule has 0 saturated heterocycles. The fraction of sp³-hybridized carbons (Fsp3) is 0.300. The highest BCUT2D eigenvalue weighted by Gasteiger charge is 2.16. The van der Waals surface area contributed by atoms with Crippen molar-refractivity contribution in [2.45, 2.75) is 13.0 Å². The lowest BCUT2D eigenvalue weighted by molar-refractivity contribution is 0.0691. The summed E-state index contributed by atoms with van der Waals surface area (Å²) < 4.78 is 13.2. The van der Waals surface area contributed by atoms with Gasteiger partial charge in [-0.1, -0.05) is 0 Å². The fourth-order valence-electron chi connectivity index (χ4n) is 1.67. The van der Waals surface area contributed by atoms with Crippen LogP contribution in [0.4, 0.5) is 4.39 Å². The molecule has 2 N–H and O–H groups in total. The van der Waals surface area contributed by atoms with Gasteiger partial charge in [-0.05, 0) is 36.2 Å². The summed E-state index contributed by atoms with van der Waals surface area (Å²) in [6.45, 7) is 1.44. The topological polar surface area (TPSA) is 49.3 Å². The smallest absolute Gasteiger partial charge is 0.338 e. The molecule has 74 valence electrons. The molecule has 0 amide bonds. The van der Waals surface area contributed by atoms with E-state index in [1.807, 2.05) is 0 Å². The van der Waals surface area contributed by atoms with Crippen LogP contribution in [0.1, 0.15) is 21.5 Å². The highest BCUT2D eigenvalue weighted by molar-refractivity contribution is 5.88. The molecule has 0 bridgehead atoms. The third-order valence-corrected chi connectivity index (χ3v) is 2.41. The molecule has 1 aliphatic heterocycles. The maximum Gasteiger partial charge on any atom is 0.338 e. The van der Waals surface area contributed by atoms with Crippen LogP contribution in [0.2, 0.25) is 0 Å². The first kappa shape index (κ1) is 9.15. The molecular formula is C10H10FNO2. The molecule has 0 atom stereocenters. The average molecular weight is 195 g/mol. The summed E-state index contributed by atoms with van der Waals surface area (Å²) in [5.41, 5.74) is 1.55. The fourth-order valence-corrected chi connectivity index (χ4v) is 1.67. The van der Waals surface area contributed by atoms with Gasteiger partial charge >= 0.3 is 5.97 Å². The first-order chi connectivity index (χ1) is 6.68. The second-order valence-corrected chi connectivity index (χ2v) is 3.33. The van der Waals surface area contributed by atoms with E-state index < -0.39 is 11.8 Å². The van der Waals surface area contributed by atoms with Crippen LogP contribution in [0.25, 0.3) is 0 Å². The lowest BCUT2D eigenvalue weighted by atomic mass is 9.98. The van der Waals surface area contributed by atoms with E-state index in [-0.39, 0.29) is 5.56 Å². The van der Waals surface area contributed by atoms with Crippen LogP contribution < -0.4 is 5.32 Å². The molecular weight excluding hydrogens is 185 g/mol. The van der Waals surface area contributed by atoms with Crippen molar-refractivity contribution in [1.82, 2.24) is 5.32 Å². The summed E-state index contributed by atoms with van der Waals surface area (Å²) in [4.78, 5) is 10.6. The predicted molar refractivity (Wildman–Crippen MR) is 48.8 cm³/mol. The number of nitrogens with one attached hydrogen (secondary N) is 1. The van der Waals surface area contributed by atoms with Crippen molar-refractivity contribution in [2.75, 3.05) is 6.54 Å². The van der Waals surface area contributed by atoms with Crippen LogP contribution in [0, 0.1) is 5.82 Å². The van der Waals surface area contributed by atoms with E-state index in [4.69, 9.17) is 5.11 Å². The Labute approximate surface area is 80.6 Å². The summed E-state index contributed by atoms with van der Waals surface area (Å²) >= 11 is 0. The van der Waals surface area contributed by atoms with Gasteiger partial charge in [0.05, 0.1) is 5.56 Å². The van der Waals surface area contributed by atoms with Gasteiger partial charge in [0.15, 0.2) is 0 Å². The standard InChI is InChI=1S/C10H10FNO2/c11-9-4-6-1-2-12-5-7(6)3-8(9)10(13)14/h3-4,12H,1-2,5H2,(H,13,14). The van der Waals surface area contributed by atoms with Gasteiger partial charge in [0.2, 0.25) is 0 Å². The van der Waals surface area contributed by atoms with Crippen molar-refractivity contribution in [2.24, 2.45) is 0 Å². The molecule has 4 heteroatoms. The van der Waals surface area contributed by atoms with Crippen LogP contribution in [-0.4, -0.2) is 17.6 Å². The molecule has 0 aromatic heterocycles. The molecule has 1 aromatic carbocycles. The Bertz CT molecular complexity index is 390. The van der Waals surface area contributed by atoms with Crippen molar-refractivity contribution in [3.63, 3.8) is 0 Å². The molecule has 0 unspecified atom stereocenters. The van der Waals surface area contributed by atoms with Gasteiger partial charge in [-0.25, -0.2) is 9.18 Å². The quantitative estimate of drug-likeness (QED) is 0.707. The van der Waals surface area contributed by atoms with Crippen molar-refractivity contribution in [3.05, 3.63) is 34.6 Å². The number of carboxylic acids is 1. The lowest BCUT2D eigenvalue weighted by Crippen LogP contribution is -2.24. The van der Waals surface area contributed by atoms with Gasteiger partial charge in [0.1, 0.15) is 5.82 Å². The van der Waals surface area contributed by atoms with E-state index in [1.54, 1.807) is 0 Å². The zero-order valence-electron chi connectivity index (χ0n) is 7.51. The van der Waals surface area contributed by atoms with Crippen molar-refractivity contribution in [3.8, 4) is 0 Å². The van der Waals surface area contributed by atoms with Gasteiger partial charge in [-0.2, -0.15) is 0 Å². The van der Waals surface area contributed by atoms with Gasteiger partial charge in [0, 0.05) is 6.54 Å². The lowest BCUT2D eigenvalue weighted by Gasteiger charge is -2.17. The first-order valence-corrected chi connectivity index (χ1v) is 4.44. The van der Waals surface area contributed by atoms with E-state index in [2.05, 4.69) is 5.32 Å². The minimum absolute atomic E-state index is 0.243.